The molecule has 3 N–H and O–H groups in total. The molecule has 4 rings (SSSR count). The first-order valence-electron chi connectivity index (χ1n) is 9.80. The number of anilines is 1. The van der Waals surface area contributed by atoms with E-state index in [4.69, 9.17) is 9.47 Å². The highest BCUT2D eigenvalue weighted by Gasteiger charge is 2.29. The topological polar surface area (TPSA) is 113 Å². The zero-order valence-electron chi connectivity index (χ0n) is 18.0. The molecule has 0 saturated heterocycles. The van der Waals surface area contributed by atoms with E-state index in [9.17, 15) is 14.4 Å². The molecule has 0 aliphatic carbocycles. The molecule has 3 aromatic rings. The lowest BCUT2D eigenvalue weighted by molar-refractivity contribution is 0.0822. The van der Waals surface area contributed by atoms with Crippen LogP contribution in [0.4, 0.5) is 10.5 Å². The molecule has 0 fully saturated rings. The van der Waals surface area contributed by atoms with Gasteiger partial charge >= 0.3 is 6.03 Å². The molecule has 2 aromatic carbocycles. The lowest BCUT2D eigenvalue weighted by Gasteiger charge is -2.09. The smallest absolute Gasteiger partial charge is 0.318 e. The number of ketones is 1. The number of urea groups is 1. The number of methoxy groups -OCH3 is 1. The number of carbonyl (C=O) groups excluding carboxylic acids is 3. The number of carbonyl (C=O) groups is 3. The minimum absolute atomic E-state index is 0.0774. The molecular formula is C23H22N4O5. The van der Waals surface area contributed by atoms with Crippen molar-refractivity contribution < 1.29 is 23.9 Å². The highest BCUT2D eigenvalue weighted by Crippen LogP contribution is 2.36. The minimum Gasteiger partial charge on any atom is -0.497 e. The third-order valence-electron chi connectivity index (χ3n) is 5.09. The zero-order valence-corrected chi connectivity index (χ0v) is 18.0. The Kier molecular flexibility index (Phi) is 5.31. The van der Waals surface area contributed by atoms with Gasteiger partial charge in [0.2, 0.25) is 5.78 Å². The van der Waals surface area contributed by atoms with Crippen LogP contribution in [0.15, 0.2) is 42.2 Å². The summed E-state index contributed by atoms with van der Waals surface area (Å²) in [4.78, 5) is 42.0. The molecule has 9 nitrogen and oxygen atoms in total. The van der Waals surface area contributed by atoms with Crippen molar-refractivity contribution in [3.05, 3.63) is 59.0 Å². The Bertz CT molecular complexity index is 1290. The number of nitrogens with one attached hydrogen (secondary N) is 3. The van der Waals surface area contributed by atoms with Gasteiger partial charge in [0.05, 0.1) is 12.7 Å². The number of hydrogen-bond acceptors (Lipinski definition) is 5. The van der Waals surface area contributed by atoms with E-state index in [2.05, 4.69) is 15.6 Å². The highest BCUT2D eigenvalue weighted by molar-refractivity contribution is 6.17. The highest BCUT2D eigenvalue weighted by atomic mass is 16.5. The summed E-state index contributed by atoms with van der Waals surface area (Å²) in [6.45, 7) is 0. The predicted octanol–water partition coefficient (Wildman–Crippen LogP) is 3.25. The first-order valence-corrected chi connectivity index (χ1v) is 9.80. The summed E-state index contributed by atoms with van der Waals surface area (Å²) in [6, 6.07) is 9.80. The largest absolute Gasteiger partial charge is 0.497 e. The van der Waals surface area contributed by atoms with Crippen molar-refractivity contribution in [2.45, 2.75) is 0 Å². The number of ether oxygens (including phenoxy) is 2. The lowest BCUT2D eigenvalue weighted by Crippen LogP contribution is -2.24. The second-order valence-corrected chi connectivity index (χ2v) is 7.38. The van der Waals surface area contributed by atoms with E-state index in [0.717, 1.165) is 10.9 Å². The summed E-state index contributed by atoms with van der Waals surface area (Å²) >= 11 is 0. The Morgan fingerprint density at radius 2 is 1.94 bits per heavy atom. The van der Waals surface area contributed by atoms with Crippen molar-refractivity contribution in [2.75, 3.05) is 33.6 Å². The molecule has 0 saturated carbocycles. The summed E-state index contributed by atoms with van der Waals surface area (Å²) in [5, 5.41) is 5.80. The lowest BCUT2D eigenvalue weighted by atomic mass is 10.1. The molecule has 0 atom stereocenters. The van der Waals surface area contributed by atoms with Crippen LogP contribution in [-0.4, -0.2) is 55.9 Å². The third kappa shape index (κ3) is 3.64. The van der Waals surface area contributed by atoms with Crippen LogP contribution < -0.4 is 20.1 Å². The maximum absolute atomic E-state index is 13.1. The van der Waals surface area contributed by atoms with E-state index >= 15 is 0 Å². The molecular weight excluding hydrogens is 412 g/mol. The van der Waals surface area contributed by atoms with Crippen molar-refractivity contribution in [3.63, 3.8) is 0 Å². The van der Waals surface area contributed by atoms with Gasteiger partial charge in [0.1, 0.15) is 17.2 Å². The van der Waals surface area contributed by atoms with Gasteiger partial charge in [-0.1, -0.05) is 0 Å². The standard InChI is InChI=1S/C23H22N4O5/c1-24-23(30)25-12-5-8-18-16(9-12)21(28)19(32-18)11-15-14-10-13(31-4)6-7-17(14)26-20(15)22(29)27(2)3/h5-11,26H,1-4H3,(H2,24,25,30)/b19-11-. The second kappa shape index (κ2) is 8.10. The van der Waals surface area contributed by atoms with E-state index in [-0.39, 0.29) is 17.4 Å². The average Bonchev–Trinajstić information content (AvgIpc) is 3.30. The first-order chi connectivity index (χ1) is 15.3. The number of benzene rings is 2. The third-order valence-corrected chi connectivity index (χ3v) is 5.09. The van der Waals surface area contributed by atoms with Crippen LogP contribution >= 0.6 is 0 Å². The molecule has 9 heteroatoms. The Morgan fingerprint density at radius 1 is 1.16 bits per heavy atom. The summed E-state index contributed by atoms with van der Waals surface area (Å²) in [6.07, 6.45) is 1.56. The maximum Gasteiger partial charge on any atom is 0.318 e. The van der Waals surface area contributed by atoms with Gasteiger partial charge in [-0.15, -0.1) is 0 Å². The molecule has 2 heterocycles. The monoisotopic (exact) mass is 434 g/mol. The quantitative estimate of drug-likeness (QED) is 0.546. The normalized spacial score (nSPS) is 13.6. The van der Waals surface area contributed by atoms with Crippen molar-refractivity contribution in [1.82, 2.24) is 15.2 Å². The second-order valence-electron chi connectivity index (χ2n) is 7.38. The first kappa shape index (κ1) is 21.0. The van der Waals surface area contributed by atoms with Gasteiger partial charge in [-0.05, 0) is 42.5 Å². The molecule has 0 unspecified atom stereocenters. The summed E-state index contributed by atoms with van der Waals surface area (Å²) in [5.74, 6) is 0.482. The fourth-order valence-corrected chi connectivity index (χ4v) is 3.45. The van der Waals surface area contributed by atoms with Gasteiger partial charge in [0.15, 0.2) is 5.76 Å². The van der Waals surface area contributed by atoms with E-state index in [1.807, 2.05) is 6.07 Å². The number of fused-ring (bicyclic) bond motifs is 2. The van der Waals surface area contributed by atoms with Crippen LogP contribution in [0.1, 0.15) is 26.4 Å². The number of Topliss-reactive ketones (excluding diaryl/α,β-unsaturated/α-hetero) is 1. The molecule has 1 aliphatic heterocycles. The number of hydrogen-bond donors (Lipinski definition) is 3. The molecule has 0 radical (unpaired) electrons. The summed E-state index contributed by atoms with van der Waals surface area (Å²) < 4.78 is 11.1. The van der Waals surface area contributed by atoms with Gasteiger partial charge in [0, 0.05) is 43.3 Å². The SMILES string of the molecule is CNC(=O)Nc1ccc2c(c1)C(=O)/C(=C/c1c(C(=O)N(C)C)[nH]c3ccc(OC)cc13)O2. The summed E-state index contributed by atoms with van der Waals surface area (Å²) in [5.41, 5.74) is 2.37. The van der Waals surface area contributed by atoms with Crippen molar-refractivity contribution in [1.29, 1.82) is 0 Å². The van der Waals surface area contributed by atoms with Gasteiger partial charge in [-0.2, -0.15) is 0 Å². The van der Waals surface area contributed by atoms with Gasteiger partial charge in [-0.3, -0.25) is 9.59 Å². The number of aromatic nitrogens is 1. The minimum atomic E-state index is -0.397. The molecule has 0 bridgehead atoms. The van der Waals surface area contributed by atoms with Gasteiger partial charge < -0.3 is 30.0 Å². The number of H-pyrrole nitrogens is 1. The Morgan fingerprint density at radius 3 is 2.62 bits per heavy atom. The van der Waals surface area contributed by atoms with Crippen molar-refractivity contribution >= 4 is 40.4 Å². The fraction of sp³-hybridized carbons (Fsp3) is 0.174. The van der Waals surface area contributed by atoms with Gasteiger partial charge in [-0.25, -0.2) is 4.79 Å². The van der Waals surface area contributed by atoms with E-state index in [0.29, 0.717) is 34.0 Å². The number of rotatable bonds is 4. The van der Waals surface area contributed by atoms with Crippen LogP contribution in [0.5, 0.6) is 11.5 Å². The van der Waals surface area contributed by atoms with E-state index in [1.165, 1.54) is 11.9 Å². The van der Waals surface area contributed by atoms with Crippen LogP contribution in [0.2, 0.25) is 0 Å². The molecule has 164 valence electrons. The Balaban J connectivity index is 1.79. The summed E-state index contributed by atoms with van der Waals surface area (Å²) in [7, 11) is 6.36. The Labute approximate surface area is 184 Å². The number of amides is 3. The number of nitrogens with zero attached hydrogens (tertiary/aromatic N) is 1. The van der Waals surface area contributed by atoms with Crippen molar-refractivity contribution in [3.8, 4) is 11.5 Å². The molecule has 3 amide bonds. The predicted molar refractivity (Wildman–Crippen MR) is 120 cm³/mol. The van der Waals surface area contributed by atoms with Crippen LogP contribution in [-0.2, 0) is 0 Å². The molecule has 1 aromatic heterocycles. The zero-order chi connectivity index (χ0) is 23.0. The van der Waals surface area contributed by atoms with Crippen LogP contribution in [0.3, 0.4) is 0 Å². The van der Waals surface area contributed by atoms with Crippen LogP contribution in [0.25, 0.3) is 17.0 Å². The molecule has 1 aliphatic rings. The Hall–Kier alpha value is -4.27. The maximum atomic E-state index is 13.1. The fourth-order valence-electron chi connectivity index (χ4n) is 3.45. The van der Waals surface area contributed by atoms with Crippen LogP contribution in [0, 0.1) is 0 Å². The average molecular weight is 434 g/mol. The van der Waals surface area contributed by atoms with Gasteiger partial charge in [0.25, 0.3) is 5.91 Å². The van der Waals surface area contributed by atoms with E-state index in [1.54, 1.807) is 57.6 Å². The number of aromatic amines is 1. The number of allylic oxidation sites excluding steroid dienone is 1. The molecule has 0 spiro atoms. The van der Waals surface area contributed by atoms with Crippen molar-refractivity contribution in [2.24, 2.45) is 0 Å². The van der Waals surface area contributed by atoms with E-state index < -0.39 is 6.03 Å². The molecule has 32 heavy (non-hydrogen) atoms.